The Hall–Kier alpha value is -2.93. The molecule has 1 amide bonds. The number of benzene rings is 2. The third kappa shape index (κ3) is 4.83. The van der Waals surface area contributed by atoms with Crippen molar-refractivity contribution < 1.29 is 13.9 Å². The maximum absolute atomic E-state index is 11.7. The smallest absolute Gasteiger partial charge is 0.227 e. The normalized spacial score (nSPS) is 10.6. The Morgan fingerprint density at radius 2 is 2.00 bits per heavy atom. The van der Waals surface area contributed by atoms with Gasteiger partial charge in [-0.1, -0.05) is 13.3 Å². The van der Waals surface area contributed by atoms with Crippen LogP contribution in [-0.2, 0) is 4.79 Å². The number of hydrogen-bond donors (Lipinski definition) is 2. The number of fused-ring (bicyclic) bond motifs is 1. The number of aromatic nitrogens is 1. The highest BCUT2D eigenvalue weighted by Gasteiger charge is 2.10. The number of anilines is 1. The lowest BCUT2D eigenvalue weighted by atomic mass is 10.2. The van der Waals surface area contributed by atoms with Gasteiger partial charge in [0.1, 0.15) is 11.3 Å². The molecule has 0 spiro atoms. The minimum absolute atomic E-state index is 0.0846. The van der Waals surface area contributed by atoms with E-state index in [0.717, 1.165) is 29.8 Å². The highest BCUT2D eigenvalue weighted by atomic mass is 32.1. The van der Waals surface area contributed by atoms with Gasteiger partial charge in [-0.25, -0.2) is 4.98 Å². The van der Waals surface area contributed by atoms with Crippen LogP contribution in [0.15, 0.2) is 46.9 Å². The molecular formula is C20H21N3O3S. The molecule has 0 saturated carbocycles. The molecule has 1 aromatic heterocycles. The number of amides is 1. The number of methoxy groups -OCH3 is 1. The Morgan fingerprint density at radius 3 is 2.70 bits per heavy atom. The van der Waals surface area contributed by atoms with Crippen molar-refractivity contribution >= 4 is 40.0 Å². The van der Waals surface area contributed by atoms with Crippen molar-refractivity contribution in [3.63, 3.8) is 0 Å². The third-order valence-corrected chi connectivity index (χ3v) is 4.20. The molecule has 27 heavy (non-hydrogen) atoms. The monoisotopic (exact) mass is 383 g/mol. The molecule has 0 saturated heterocycles. The number of nitrogens with zero attached hydrogens (tertiary/aromatic N) is 1. The van der Waals surface area contributed by atoms with Gasteiger partial charge in [0.2, 0.25) is 11.8 Å². The molecule has 0 unspecified atom stereocenters. The molecular weight excluding hydrogens is 362 g/mol. The Kier molecular flexibility index (Phi) is 6.03. The highest BCUT2D eigenvalue weighted by molar-refractivity contribution is 7.80. The second-order valence-corrected chi connectivity index (χ2v) is 6.44. The van der Waals surface area contributed by atoms with Crippen LogP contribution in [0.2, 0.25) is 0 Å². The first-order chi connectivity index (χ1) is 13.1. The number of thiocarbonyl (C=S) groups is 1. The average Bonchev–Trinajstić information content (AvgIpc) is 3.09. The molecule has 0 aliphatic rings. The van der Waals surface area contributed by atoms with Crippen molar-refractivity contribution in [2.75, 3.05) is 12.4 Å². The van der Waals surface area contributed by atoms with Gasteiger partial charge in [-0.05, 0) is 61.1 Å². The van der Waals surface area contributed by atoms with Crippen LogP contribution in [0.5, 0.6) is 5.75 Å². The van der Waals surface area contributed by atoms with Gasteiger partial charge in [0.05, 0.1) is 7.11 Å². The zero-order valence-corrected chi connectivity index (χ0v) is 16.1. The van der Waals surface area contributed by atoms with E-state index in [1.54, 1.807) is 7.11 Å². The maximum Gasteiger partial charge on any atom is 0.227 e. The molecule has 1 heterocycles. The number of rotatable bonds is 6. The van der Waals surface area contributed by atoms with Gasteiger partial charge in [0.15, 0.2) is 10.7 Å². The first-order valence-electron chi connectivity index (χ1n) is 8.75. The van der Waals surface area contributed by atoms with Gasteiger partial charge in [-0.3, -0.25) is 4.79 Å². The highest BCUT2D eigenvalue weighted by Crippen LogP contribution is 2.27. The molecule has 0 fully saturated rings. The molecule has 7 heteroatoms. The van der Waals surface area contributed by atoms with Gasteiger partial charge in [-0.2, -0.15) is 0 Å². The summed E-state index contributed by atoms with van der Waals surface area (Å²) in [6.45, 7) is 2.04. The van der Waals surface area contributed by atoms with Gasteiger partial charge < -0.3 is 19.8 Å². The number of carbonyl (C=O) groups excluding carboxylic acids is 1. The predicted molar refractivity (Wildman–Crippen MR) is 110 cm³/mol. The minimum atomic E-state index is -0.0846. The Balaban J connectivity index is 1.71. The lowest BCUT2D eigenvalue weighted by Gasteiger charge is -2.09. The summed E-state index contributed by atoms with van der Waals surface area (Å²) in [5.41, 5.74) is 2.97. The summed E-state index contributed by atoms with van der Waals surface area (Å²) in [5.74, 6) is 1.22. The molecule has 6 nitrogen and oxygen atoms in total. The summed E-state index contributed by atoms with van der Waals surface area (Å²) in [4.78, 5) is 16.3. The number of carbonyl (C=O) groups is 1. The fourth-order valence-corrected chi connectivity index (χ4v) is 2.78. The van der Waals surface area contributed by atoms with Crippen LogP contribution in [0.4, 0.5) is 5.69 Å². The first kappa shape index (κ1) is 18.8. The molecule has 0 atom stereocenters. The minimum Gasteiger partial charge on any atom is -0.497 e. The Labute approximate surface area is 162 Å². The van der Waals surface area contributed by atoms with E-state index in [2.05, 4.69) is 15.6 Å². The number of nitrogens with one attached hydrogen (secondary N) is 2. The van der Waals surface area contributed by atoms with E-state index >= 15 is 0 Å². The lowest BCUT2D eigenvalue weighted by molar-refractivity contribution is -0.119. The van der Waals surface area contributed by atoms with Crippen LogP contribution in [0.1, 0.15) is 26.2 Å². The summed E-state index contributed by atoms with van der Waals surface area (Å²) < 4.78 is 11.0. The van der Waals surface area contributed by atoms with Crippen LogP contribution >= 0.6 is 12.2 Å². The molecule has 2 aromatic carbocycles. The SMILES string of the molecule is CCCCC(=O)NC(=S)Nc1ccc2oc(-c3ccc(OC)cc3)nc2c1. The molecule has 3 rings (SSSR count). The van der Waals surface area contributed by atoms with E-state index in [1.807, 2.05) is 49.4 Å². The second kappa shape index (κ2) is 8.64. The summed E-state index contributed by atoms with van der Waals surface area (Å²) in [5, 5.41) is 5.96. The van der Waals surface area contributed by atoms with Gasteiger partial charge in [-0.15, -0.1) is 0 Å². The summed E-state index contributed by atoms with van der Waals surface area (Å²) in [7, 11) is 1.62. The van der Waals surface area contributed by atoms with E-state index in [1.165, 1.54) is 0 Å². The van der Waals surface area contributed by atoms with Crippen molar-refractivity contribution in [3.05, 3.63) is 42.5 Å². The van der Waals surface area contributed by atoms with E-state index < -0.39 is 0 Å². The number of hydrogen-bond acceptors (Lipinski definition) is 5. The molecule has 0 aliphatic carbocycles. The van der Waals surface area contributed by atoms with Crippen molar-refractivity contribution in [2.45, 2.75) is 26.2 Å². The second-order valence-electron chi connectivity index (χ2n) is 6.04. The van der Waals surface area contributed by atoms with Crippen LogP contribution in [0.3, 0.4) is 0 Å². The van der Waals surface area contributed by atoms with Crippen LogP contribution < -0.4 is 15.4 Å². The Bertz CT molecular complexity index is 951. The fourth-order valence-electron chi connectivity index (χ4n) is 2.55. The zero-order chi connectivity index (χ0) is 19.2. The summed E-state index contributed by atoms with van der Waals surface area (Å²) in [6, 6.07) is 13.0. The molecule has 0 aliphatic heterocycles. The van der Waals surface area contributed by atoms with E-state index in [0.29, 0.717) is 23.4 Å². The maximum atomic E-state index is 11.7. The van der Waals surface area contributed by atoms with Gasteiger partial charge >= 0.3 is 0 Å². The van der Waals surface area contributed by atoms with E-state index in [4.69, 9.17) is 21.4 Å². The molecule has 0 bridgehead atoms. The lowest BCUT2D eigenvalue weighted by Crippen LogP contribution is -2.33. The van der Waals surface area contributed by atoms with Gasteiger partial charge in [0, 0.05) is 17.7 Å². The fraction of sp³-hybridized carbons (Fsp3) is 0.250. The third-order valence-electron chi connectivity index (χ3n) is 3.99. The van der Waals surface area contributed by atoms with Crippen LogP contribution in [0, 0.1) is 0 Å². The van der Waals surface area contributed by atoms with Crippen LogP contribution in [0.25, 0.3) is 22.6 Å². The first-order valence-corrected chi connectivity index (χ1v) is 9.15. The number of unbranched alkanes of at least 4 members (excludes halogenated alkanes) is 1. The Morgan fingerprint density at radius 1 is 1.22 bits per heavy atom. The molecule has 2 N–H and O–H groups in total. The molecule has 0 radical (unpaired) electrons. The van der Waals surface area contributed by atoms with E-state index in [-0.39, 0.29) is 11.0 Å². The summed E-state index contributed by atoms with van der Waals surface area (Å²) >= 11 is 5.19. The quantitative estimate of drug-likeness (QED) is 0.610. The number of oxazole rings is 1. The largest absolute Gasteiger partial charge is 0.497 e. The number of ether oxygens (including phenoxy) is 1. The van der Waals surface area contributed by atoms with Crippen molar-refractivity contribution in [1.29, 1.82) is 0 Å². The molecule has 140 valence electrons. The van der Waals surface area contributed by atoms with Gasteiger partial charge in [0.25, 0.3) is 0 Å². The van der Waals surface area contributed by atoms with Crippen molar-refractivity contribution in [2.24, 2.45) is 0 Å². The van der Waals surface area contributed by atoms with Crippen LogP contribution in [-0.4, -0.2) is 23.1 Å². The predicted octanol–water partition coefficient (Wildman–Crippen LogP) is 4.51. The zero-order valence-electron chi connectivity index (χ0n) is 15.2. The summed E-state index contributed by atoms with van der Waals surface area (Å²) in [6.07, 6.45) is 2.27. The van der Waals surface area contributed by atoms with Crippen molar-refractivity contribution in [3.8, 4) is 17.2 Å². The molecule has 3 aromatic rings. The van der Waals surface area contributed by atoms with E-state index in [9.17, 15) is 4.79 Å². The standard InChI is InChI=1S/C20H21N3O3S/c1-3-4-5-18(24)23-20(27)21-14-8-11-17-16(12-14)22-19(26-17)13-6-9-15(25-2)10-7-13/h6-12H,3-5H2,1-2H3,(H2,21,23,24,27). The average molecular weight is 383 g/mol. The topological polar surface area (TPSA) is 76.4 Å². The van der Waals surface area contributed by atoms with Crippen molar-refractivity contribution in [1.82, 2.24) is 10.3 Å².